The average molecular weight is 278 g/mol. The lowest BCUT2D eigenvalue weighted by Crippen LogP contribution is -2.19. The van der Waals surface area contributed by atoms with Crippen molar-refractivity contribution < 1.29 is 9.90 Å². The molecule has 0 bridgehead atoms. The highest BCUT2D eigenvalue weighted by Gasteiger charge is 2.12. The summed E-state index contributed by atoms with van der Waals surface area (Å²) in [5, 5.41) is 12.0. The molecule has 2 aromatic heterocycles. The minimum absolute atomic E-state index is 0.0614. The van der Waals surface area contributed by atoms with E-state index in [9.17, 15) is 4.79 Å². The summed E-state index contributed by atoms with van der Waals surface area (Å²) in [4.78, 5) is 21.4. The molecule has 2 rings (SSSR count). The third-order valence-electron chi connectivity index (χ3n) is 2.61. The number of nitrogen functional groups attached to an aromatic ring is 1. The zero-order chi connectivity index (χ0) is 14.0. The van der Waals surface area contributed by atoms with E-state index in [0.29, 0.717) is 12.4 Å². The molecule has 0 aliphatic carbocycles. The topological polar surface area (TPSA) is 92.3 Å². The van der Waals surface area contributed by atoms with Gasteiger partial charge in [-0.25, -0.2) is 14.8 Å². The van der Waals surface area contributed by atoms with E-state index in [1.165, 1.54) is 12.3 Å². The van der Waals surface area contributed by atoms with Crippen molar-refractivity contribution >= 4 is 28.8 Å². The van der Waals surface area contributed by atoms with Gasteiger partial charge in [0.25, 0.3) is 0 Å². The molecule has 0 fully saturated rings. The number of anilines is 2. The van der Waals surface area contributed by atoms with E-state index < -0.39 is 5.97 Å². The number of aryl methyl sites for hydroxylation is 1. The van der Waals surface area contributed by atoms with Crippen LogP contribution in [0.4, 0.5) is 11.5 Å². The predicted molar refractivity (Wildman–Crippen MR) is 74.6 cm³/mol. The second-order valence-corrected chi connectivity index (χ2v) is 5.21. The summed E-state index contributed by atoms with van der Waals surface area (Å²) in [6.45, 7) is 2.51. The standard InChI is InChI=1S/C12H14N4O2S/c1-7-15-8(6-19-7)5-16(2)11-3-9(12(17)18)10(13)4-14-11/h3-4,6H,5,13H2,1-2H3,(H,17,18). The van der Waals surface area contributed by atoms with E-state index in [-0.39, 0.29) is 11.3 Å². The Morgan fingerprint density at radius 1 is 1.58 bits per heavy atom. The molecular weight excluding hydrogens is 264 g/mol. The van der Waals surface area contributed by atoms with Crippen molar-refractivity contribution in [1.29, 1.82) is 0 Å². The van der Waals surface area contributed by atoms with Crippen LogP contribution < -0.4 is 10.6 Å². The molecule has 3 N–H and O–H groups in total. The monoisotopic (exact) mass is 278 g/mol. The van der Waals surface area contributed by atoms with Crippen molar-refractivity contribution in [2.45, 2.75) is 13.5 Å². The number of nitrogens with two attached hydrogens (primary N) is 1. The second-order valence-electron chi connectivity index (χ2n) is 4.15. The first kappa shape index (κ1) is 13.3. The van der Waals surface area contributed by atoms with E-state index in [1.54, 1.807) is 11.3 Å². The number of nitrogens with zero attached hydrogens (tertiary/aromatic N) is 3. The van der Waals surface area contributed by atoms with Crippen molar-refractivity contribution in [2.75, 3.05) is 17.7 Å². The van der Waals surface area contributed by atoms with Crippen LogP contribution in [0.15, 0.2) is 17.6 Å². The van der Waals surface area contributed by atoms with Crippen LogP contribution in [0, 0.1) is 6.92 Å². The smallest absolute Gasteiger partial charge is 0.337 e. The lowest BCUT2D eigenvalue weighted by molar-refractivity contribution is 0.0698. The first-order chi connectivity index (χ1) is 8.97. The molecule has 0 spiro atoms. The summed E-state index contributed by atoms with van der Waals surface area (Å²) in [7, 11) is 1.83. The number of hydrogen-bond acceptors (Lipinski definition) is 6. The van der Waals surface area contributed by atoms with Crippen LogP contribution in [0.1, 0.15) is 21.1 Å². The lowest BCUT2D eigenvalue weighted by Gasteiger charge is -2.17. The lowest BCUT2D eigenvalue weighted by atomic mass is 10.2. The zero-order valence-electron chi connectivity index (χ0n) is 10.6. The summed E-state index contributed by atoms with van der Waals surface area (Å²) >= 11 is 1.58. The number of carboxylic acid groups (broad SMARTS) is 1. The maximum Gasteiger partial charge on any atom is 0.337 e. The summed E-state index contributed by atoms with van der Waals surface area (Å²) in [5.41, 5.74) is 6.73. The molecule has 2 heterocycles. The summed E-state index contributed by atoms with van der Waals surface area (Å²) in [6.07, 6.45) is 1.36. The first-order valence-corrected chi connectivity index (χ1v) is 6.46. The van der Waals surface area contributed by atoms with Gasteiger partial charge in [0.05, 0.1) is 34.7 Å². The van der Waals surface area contributed by atoms with Gasteiger partial charge in [-0.15, -0.1) is 11.3 Å². The largest absolute Gasteiger partial charge is 0.478 e. The van der Waals surface area contributed by atoms with E-state index >= 15 is 0 Å². The number of thiazole rings is 1. The van der Waals surface area contributed by atoms with Crippen molar-refractivity contribution in [3.8, 4) is 0 Å². The molecule has 0 aromatic carbocycles. The molecule has 0 unspecified atom stereocenters. The van der Waals surface area contributed by atoms with Gasteiger partial charge < -0.3 is 15.7 Å². The Morgan fingerprint density at radius 3 is 2.89 bits per heavy atom. The van der Waals surface area contributed by atoms with E-state index in [1.807, 2.05) is 24.3 Å². The molecule has 0 atom stereocenters. The Balaban J connectivity index is 2.21. The quantitative estimate of drug-likeness (QED) is 0.885. The number of rotatable bonds is 4. The van der Waals surface area contributed by atoms with E-state index in [0.717, 1.165) is 10.7 Å². The van der Waals surface area contributed by atoms with Gasteiger partial charge in [0.2, 0.25) is 0 Å². The summed E-state index contributed by atoms with van der Waals surface area (Å²) < 4.78 is 0. The highest BCUT2D eigenvalue weighted by atomic mass is 32.1. The van der Waals surface area contributed by atoms with Gasteiger partial charge in [0.1, 0.15) is 5.82 Å². The van der Waals surface area contributed by atoms with Crippen LogP contribution in [0.25, 0.3) is 0 Å². The molecule has 0 aliphatic rings. The average Bonchev–Trinajstić information content (AvgIpc) is 2.74. The number of carbonyl (C=O) groups is 1. The molecule has 0 radical (unpaired) electrons. The Bertz CT molecular complexity index is 612. The number of pyridine rings is 1. The molecule has 0 aliphatic heterocycles. The zero-order valence-corrected chi connectivity index (χ0v) is 11.4. The molecule has 100 valence electrons. The fraction of sp³-hybridized carbons (Fsp3) is 0.250. The van der Waals surface area contributed by atoms with Crippen LogP contribution in [-0.4, -0.2) is 28.1 Å². The molecule has 0 amide bonds. The minimum atomic E-state index is -1.06. The third-order valence-corrected chi connectivity index (χ3v) is 3.43. The second kappa shape index (κ2) is 5.23. The fourth-order valence-corrected chi connectivity index (χ4v) is 2.26. The van der Waals surface area contributed by atoms with Crippen LogP contribution in [-0.2, 0) is 6.54 Å². The molecule has 0 saturated heterocycles. The van der Waals surface area contributed by atoms with Crippen LogP contribution in [0.3, 0.4) is 0 Å². The van der Waals surface area contributed by atoms with E-state index in [2.05, 4.69) is 9.97 Å². The highest BCUT2D eigenvalue weighted by Crippen LogP contribution is 2.19. The van der Waals surface area contributed by atoms with Gasteiger partial charge in [-0.3, -0.25) is 0 Å². The van der Waals surface area contributed by atoms with Gasteiger partial charge in [-0.1, -0.05) is 0 Å². The van der Waals surface area contributed by atoms with E-state index in [4.69, 9.17) is 10.8 Å². The molecule has 19 heavy (non-hydrogen) atoms. The third kappa shape index (κ3) is 3.00. The number of hydrogen-bond donors (Lipinski definition) is 2. The van der Waals surface area contributed by atoms with Crippen molar-refractivity contribution in [3.63, 3.8) is 0 Å². The Kier molecular flexibility index (Phi) is 3.66. The van der Waals surface area contributed by atoms with Gasteiger partial charge in [-0.2, -0.15) is 0 Å². The maximum atomic E-state index is 11.0. The normalized spacial score (nSPS) is 10.4. The molecule has 0 saturated carbocycles. The van der Waals surface area contributed by atoms with Gasteiger partial charge in [0.15, 0.2) is 0 Å². The first-order valence-electron chi connectivity index (χ1n) is 5.58. The summed E-state index contributed by atoms with van der Waals surface area (Å²) in [5.74, 6) is -0.503. The number of carboxylic acids is 1. The Hall–Kier alpha value is -2.15. The van der Waals surface area contributed by atoms with Crippen molar-refractivity contribution in [1.82, 2.24) is 9.97 Å². The minimum Gasteiger partial charge on any atom is -0.478 e. The van der Waals surface area contributed by atoms with Crippen LogP contribution >= 0.6 is 11.3 Å². The number of aromatic carboxylic acids is 1. The van der Waals surface area contributed by atoms with Crippen molar-refractivity contribution in [3.05, 3.63) is 33.9 Å². The van der Waals surface area contributed by atoms with Crippen molar-refractivity contribution in [2.24, 2.45) is 0 Å². The highest BCUT2D eigenvalue weighted by molar-refractivity contribution is 7.09. The maximum absolute atomic E-state index is 11.0. The predicted octanol–water partition coefficient (Wildman–Crippen LogP) is 1.76. The van der Waals surface area contributed by atoms with Crippen LogP contribution in [0.5, 0.6) is 0 Å². The SMILES string of the molecule is Cc1nc(CN(C)c2cc(C(=O)O)c(N)cn2)cs1. The van der Waals surface area contributed by atoms with Gasteiger partial charge in [-0.05, 0) is 13.0 Å². The van der Waals surface area contributed by atoms with Gasteiger partial charge in [0, 0.05) is 12.4 Å². The van der Waals surface area contributed by atoms with Gasteiger partial charge >= 0.3 is 5.97 Å². The number of aromatic nitrogens is 2. The fourth-order valence-electron chi connectivity index (χ4n) is 1.65. The Labute approximate surface area is 114 Å². The summed E-state index contributed by atoms with van der Waals surface area (Å²) in [6, 6.07) is 1.47. The molecule has 7 heteroatoms. The molecular formula is C12H14N4O2S. The molecule has 6 nitrogen and oxygen atoms in total. The Morgan fingerprint density at radius 2 is 2.32 bits per heavy atom. The molecule has 2 aromatic rings. The van der Waals surface area contributed by atoms with Crippen LogP contribution in [0.2, 0.25) is 0 Å².